The molecule has 0 saturated carbocycles. The van der Waals surface area contributed by atoms with Crippen molar-refractivity contribution in [2.45, 2.75) is 32.2 Å². The molecule has 1 aliphatic rings. The number of nitrogens with zero attached hydrogens (tertiary/aromatic N) is 3. The van der Waals surface area contributed by atoms with E-state index in [1.54, 1.807) is 11.4 Å². The third-order valence-corrected chi connectivity index (χ3v) is 5.93. The smallest absolute Gasteiger partial charge is 0.282 e. The van der Waals surface area contributed by atoms with E-state index in [-0.39, 0.29) is 6.04 Å². The molecule has 0 N–H and O–H groups in total. The first-order valence-corrected chi connectivity index (χ1v) is 8.84. The van der Waals surface area contributed by atoms with Crippen LogP contribution < -0.4 is 0 Å². The molecule has 1 fully saturated rings. The number of halogens is 1. The molecule has 1 unspecified atom stereocenters. The summed E-state index contributed by atoms with van der Waals surface area (Å²) in [5.74, 6) is 0.486. The van der Waals surface area contributed by atoms with Crippen molar-refractivity contribution >= 4 is 21.8 Å². The Morgan fingerprint density at radius 2 is 2.05 bits per heavy atom. The zero-order valence-electron chi connectivity index (χ0n) is 12.2. The fraction of sp³-hybridized carbons (Fsp3) is 1.00. The highest BCUT2D eigenvalue weighted by Crippen LogP contribution is 2.18. The maximum absolute atomic E-state index is 12.6. The Kier molecular flexibility index (Phi) is 7.04. The fourth-order valence-electron chi connectivity index (χ4n) is 2.43. The Morgan fingerprint density at radius 1 is 1.37 bits per heavy atom. The maximum atomic E-state index is 12.6. The van der Waals surface area contributed by atoms with Gasteiger partial charge in [-0.3, -0.25) is 0 Å². The van der Waals surface area contributed by atoms with Crippen LogP contribution in [0, 0.1) is 0 Å². The highest BCUT2D eigenvalue weighted by molar-refractivity contribution is 7.86. The summed E-state index contributed by atoms with van der Waals surface area (Å²) in [4.78, 5) is 2.21. The van der Waals surface area contributed by atoms with Crippen molar-refractivity contribution in [3.63, 3.8) is 0 Å². The van der Waals surface area contributed by atoms with Crippen LogP contribution in [0.25, 0.3) is 0 Å². The number of hydrogen-bond acceptors (Lipinski definition) is 3. The minimum atomic E-state index is -3.36. The van der Waals surface area contributed by atoms with Gasteiger partial charge in [0.15, 0.2) is 0 Å². The fourth-order valence-corrected chi connectivity index (χ4v) is 4.22. The highest BCUT2D eigenvalue weighted by Gasteiger charge is 2.33. The molecule has 0 spiro atoms. The van der Waals surface area contributed by atoms with Crippen LogP contribution in [-0.4, -0.2) is 74.1 Å². The standard InChI is InChI=1S/C12H26ClN3O2S/c1-4-12-11-14(2)8-6-10-16(12)19(17,18)15(3)9-5-7-13/h12H,4-11H2,1-3H3. The third kappa shape index (κ3) is 4.56. The molecule has 1 aliphatic heterocycles. The molecular weight excluding hydrogens is 286 g/mol. The Bertz CT molecular complexity index is 364. The predicted octanol–water partition coefficient (Wildman–Crippen LogP) is 1.21. The summed E-state index contributed by atoms with van der Waals surface area (Å²) in [6.45, 7) is 4.89. The normalized spacial score (nSPS) is 23.7. The van der Waals surface area contributed by atoms with E-state index >= 15 is 0 Å². The van der Waals surface area contributed by atoms with Crippen molar-refractivity contribution in [2.24, 2.45) is 0 Å². The van der Waals surface area contributed by atoms with Crippen LogP contribution in [0.2, 0.25) is 0 Å². The SMILES string of the molecule is CCC1CN(C)CCCN1S(=O)(=O)N(C)CCCCl. The first-order chi connectivity index (χ1) is 8.93. The Balaban J connectivity index is 2.83. The van der Waals surface area contributed by atoms with Gasteiger partial charge in [-0.2, -0.15) is 17.0 Å². The van der Waals surface area contributed by atoms with Gasteiger partial charge in [0.1, 0.15) is 0 Å². The van der Waals surface area contributed by atoms with E-state index in [0.29, 0.717) is 25.4 Å². The van der Waals surface area contributed by atoms with Crippen molar-refractivity contribution in [1.29, 1.82) is 0 Å². The largest absolute Gasteiger partial charge is 0.305 e. The van der Waals surface area contributed by atoms with Crippen LogP contribution in [0.15, 0.2) is 0 Å². The van der Waals surface area contributed by atoms with Crippen LogP contribution in [0.3, 0.4) is 0 Å². The Hall–Kier alpha value is 0.120. The zero-order valence-corrected chi connectivity index (χ0v) is 13.8. The number of likely N-dealkylation sites (N-methyl/N-ethyl adjacent to an activating group) is 1. The molecule has 0 aromatic heterocycles. The van der Waals surface area contributed by atoms with Crippen LogP contribution in [0.4, 0.5) is 0 Å². The Labute approximate surface area is 122 Å². The van der Waals surface area contributed by atoms with Gasteiger partial charge in [-0.25, -0.2) is 0 Å². The van der Waals surface area contributed by atoms with Crippen molar-refractivity contribution in [3.05, 3.63) is 0 Å². The van der Waals surface area contributed by atoms with Gasteiger partial charge in [0.05, 0.1) is 0 Å². The first kappa shape index (κ1) is 17.2. The zero-order chi connectivity index (χ0) is 14.5. The molecule has 0 aromatic rings. The minimum absolute atomic E-state index is 0.0657. The monoisotopic (exact) mass is 311 g/mol. The molecule has 0 aliphatic carbocycles. The van der Waals surface area contributed by atoms with Gasteiger partial charge < -0.3 is 4.90 Å². The van der Waals surface area contributed by atoms with Crippen LogP contribution in [-0.2, 0) is 10.2 Å². The lowest BCUT2D eigenvalue weighted by Crippen LogP contribution is -2.49. The van der Waals surface area contributed by atoms with Gasteiger partial charge in [-0.1, -0.05) is 6.92 Å². The van der Waals surface area contributed by atoms with E-state index < -0.39 is 10.2 Å². The minimum Gasteiger partial charge on any atom is -0.305 e. The van der Waals surface area contributed by atoms with E-state index in [9.17, 15) is 8.42 Å². The second-order valence-corrected chi connectivity index (χ2v) is 7.53. The van der Waals surface area contributed by atoms with Crippen molar-refractivity contribution in [2.75, 3.05) is 46.2 Å². The first-order valence-electron chi connectivity index (χ1n) is 6.91. The molecule has 0 aromatic carbocycles. The van der Waals surface area contributed by atoms with Gasteiger partial charge in [-0.05, 0) is 32.9 Å². The second kappa shape index (κ2) is 7.78. The van der Waals surface area contributed by atoms with Crippen LogP contribution in [0.5, 0.6) is 0 Å². The van der Waals surface area contributed by atoms with Crippen LogP contribution in [0.1, 0.15) is 26.2 Å². The summed E-state index contributed by atoms with van der Waals surface area (Å²) in [5.41, 5.74) is 0. The molecule has 0 amide bonds. The summed E-state index contributed by atoms with van der Waals surface area (Å²) < 4.78 is 28.3. The summed E-state index contributed by atoms with van der Waals surface area (Å²) in [7, 11) is 0.333. The van der Waals surface area contributed by atoms with Crippen molar-refractivity contribution in [1.82, 2.24) is 13.5 Å². The van der Waals surface area contributed by atoms with Gasteiger partial charge >= 0.3 is 0 Å². The molecule has 1 atom stereocenters. The third-order valence-electron chi connectivity index (χ3n) is 3.62. The van der Waals surface area contributed by atoms with Gasteiger partial charge in [0, 0.05) is 38.6 Å². The molecule has 1 heterocycles. The lowest BCUT2D eigenvalue weighted by atomic mass is 10.2. The molecule has 114 valence electrons. The van der Waals surface area contributed by atoms with Crippen LogP contribution >= 0.6 is 11.6 Å². The topological polar surface area (TPSA) is 43.9 Å². The van der Waals surface area contributed by atoms with Gasteiger partial charge in [-0.15, -0.1) is 11.6 Å². The van der Waals surface area contributed by atoms with Gasteiger partial charge in [0.2, 0.25) is 0 Å². The van der Waals surface area contributed by atoms with E-state index in [1.807, 2.05) is 6.92 Å². The van der Waals surface area contributed by atoms with E-state index in [2.05, 4.69) is 11.9 Å². The molecule has 1 rings (SSSR count). The van der Waals surface area contributed by atoms with E-state index in [0.717, 1.165) is 25.9 Å². The quantitative estimate of drug-likeness (QED) is 0.693. The molecule has 0 radical (unpaired) electrons. The molecule has 1 saturated heterocycles. The highest BCUT2D eigenvalue weighted by atomic mass is 35.5. The lowest BCUT2D eigenvalue weighted by Gasteiger charge is -2.32. The summed E-state index contributed by atoms with van der Waals surface area (Å²) in [5, 5.41) is 0. The summed E-state index contributed by atoms with van der Waals surface area (Å²) >= 11 is 5.64. The molecule has 0 bridgehead atoms. The second-order valence-electron chi connectivity index (χ2n) is 5.16. The van der Waals surface area contributed by atoms with Crippen molar-refractivity contribution in [3.8, 4) is 0 Å². The predicted molar refractivity (Wildman–Crippen MR) is 79.8 cm³/mol. The average Bonchev–Trinajstić information content (AvgIpc) is 2.57. The van der Waals surface area contributed by atoms with E-state index in [1.165, 1.54) is 4.31 Å². The molecule has 7 heteroatoms. The average molecular weight is 312 g/mol. The number of alkyl halides is 1. The Morgan fingerprint density at radius 3 is 2.63 bits per heavy atom. The summed E-state index contributed by atoms with van der Waals surface area (Å²) in [6.07, 6.45) is 2.41. The maximum Gasteiger partial charge on any atom is 0.282 e. The number of hydrogen-bond donors (Lipinski definition) is 0. The molecule has 5 nitrogen and oxygen atoms in total. The molecular formula is C12H26ClN3O2S. The van der Waals surface area contributed by atoms with E-state index in [4.69, 9.17) is 11.6 Å². The van der Waals surface area contributed by atoms with Gasteiger partial charge in [0.25, 0.3) is 10.2 Å². The molecule has 19 heavy (non-hydrogen) atoms. The van der Waals surface area contributed by atoms with Crippen molar-refractivity contribution < 1.29 is 8.42 Å². The lowest BCUT2D eigenvalue weighted by molar-refractivity contribution is 0.258. The summed E-state index contributed by atoms with van der Waals surface area (Å²) in [6, 6.07) is 0.0657. The number of rotatable bonds is 6.